The predicted molar refractivity (Wildman–Crippen MR) is 140 cm³/mol. The van der Waals surface area contributed by atoms with Gasteiger partial charge < -0.3 is 10.1 Å². The van der Waals surface area contributed by atoms with Gasteiger partial charge in [-0.05, 0) is 55.1 Å². The Balaban J connectivity index is 1.40. The maximum absolute atomic E-state index is 6.91. The maximum Gasteiger partial charge on any atom is 0.119 e. The van der Waals surface area contributed by atoms with E-state index >= 15 is 0 Å². The van der Waals surface area contributed by atoms with Crippen LogP contribution in [0.15, 0.2) is 84.9 Å². The molecule has 0 amide bonds. The third-order valence-corrected chi connectivity index (χ3v) is 6.61. The van der Waals surface area contributed by atoms with Gasteiger partial charge in [0, 0.05) is 31.2 Å². The van der Waals surface area contributed by atoms with Crippen LogP contribution in [0.2, 0.25) is 0 Å². The van der Waals surface area contributed by atoms with Gasteiger partial charge in [-0.15, -0.1) is 0 Å². The number of ether oxygens (including phenoxy) is 1. The molecule has 1 N–H and O–H groups in total. The highest BCUT2D eigenvalue weighted by Gasteiger charge is 2.16. The first kappa shape index (κ1) is 23.6. The normalized spacial score (nSPS) is 17.5. The van der Waals surface area contributed by atoms with Gasteiger partial charge in [-0.1, -0.05) is 84.4 Å². The highest BCUT2D eigenvalue weighted by atomic mass is 35.5. The van der Waals surface area contributed by atoms with Crippen LogP contribution in [0.5, 0.6) is 5.75 Å². The van der Waals surface area contributed by atoms with E-state index in [0.29, 0.717) is 6.04 Å². The smallest absolute Gasteiger partial charge is 0.119 e. The van der Waals surface area contributed by atoms with Crippen molar-refractivity contribution in [2.45, 2.75) is 25.8 Å². The molecule has 1 fully saturated rings. The topological polar surface area (TPSA) is 24.5 Å². The number of benzene rings is 3. The molecule has 3 aromatic rings. The molecule has 3 nitrogen and oxygen atoms in total. The Hall–Kier alpha value is -2.59. The minimum Gasteiger partial charge on any atom is -0.494 e. The molecule has 0 saturated carbocycles. The summed E-state index contributed by atoms with van der Waals surface area (Å²) in [5.41, 5.74) is 4.22. The number of nitrogens with zero attached hydrogens (tertiary/aromatic N) is 1. The molecule has 1 aliphatic rings. The zero-order valence-electron chi connectivity index (χ0n) is 19.3. The van der Waals surface area contributed by atoms with Gasteiger partial charge in [0.15, 0.2) is 0 Å². The van der Waals surface area contributed by atoms with Gasteiger partial charge in [-0.25, -0.2) is 0 Å². The minimum atomic E-state index is 0.627. The second-order valence-corrected chi connectivity index (χ2v) is 8.97. The van der Waals surface area contributed by atoms with E-state index in [4.69, 9.17) is 16.3 Å². The van der Waals surface area contributed by atoms with E-state index in [-0.39, 0.29) is 0 Å². The van der Waals surface area contributed by atoms with E-state index in [1.807, 2.05) is 60.7 Å². The average molecular weight is 461 g/mol. The zero-order chi connectivity index (χ0) is 22.9. The van der Waals surface area contributed by atoms with Crippen LogP contribution in [-0.2, 0) is 0 Å². The van der Waals surface area contributed by atoms with E-state index in [2.05, 4.69) is 41.4 Å². The SMILES string of the molecule is CC1CNCCN1CCCCOc1ccc(C(=C(Cl)c2ccccc2)c2ccccc2)cc1. The molecule has 0 spiro atoms. The lowest BCUT2D eigenvalue weighted by atomic mass is 9.95. The van der Waals surface area contributed by atoms with Gasteiger partial charge >= 0.3 is 0 Å². The molecule has 0 bridgehead atoms. The second kappa shape index (κ2) is 12.0. The molecular weight excluding hydrogens is 428 g/mol. The van der Waals surface area contributed by atoms with Crippen LogP contribution in [0.4, 0.5) is 0 Å². The van der Waals surface area contributed by atoms with Crippen LogP contribution in [0.1, 0.15) is 36.5 Å². The molecule has 0 aliphatic carbocycles. The van der Waals surface area contributed by atoms with Crippen LogP contribution < -0.4 is 10.1 Å². The van der Waals surface area contributed by atoms with Gasteiger partial charge in [-0.2, -0.15) is 0 Å². The lowest BCUT2D eigenvalue weighted by Crippen LogP contribution is -2.49. The number of hydrogen-bond donors (Lipinski definition) is 1. The Morgan fingerprint density at radius 3 is 2.18 bits per heavy atom. The molecule has 4 heteroatoms. The Bertz CT molecular complexity index is 1020. The summed E-state index contributed by atoms with van der Waals surface area (Å²) in [7, 11) is 0. The van der Waals surface area contributed by atoms with Crippen LogP contribution in [0.3, 0.4) is 0 Å². The third-order valence-electron chi connectivity index (χ3n) is 6.20. The molecule has 1 unspecified atom stereocenters. The first-order valence-corrected chi connectivity index (χ1v) is 12.3. The standard InChI is InChI=1S/C29H33ClN2O/c1-23-22-31-18-20-32(23)19-8-9-21-33-27-16-14-25(15-17-27)28(24-10-4-2-5-11-24)29(30)26-12-6-3-7-13-26/h2-7,10-17,23,31H,8-9,18-22H2,1H3. The molecule has 172 valence electrons. The molecule has 1 heterocycles. The van der Waals surface area contributed by atoms with Crippen LogP contribution in [0.25, 0.3) is 10.6 Å². The monoisotopic (exact) mass is 460 g/mol. The van der Waals surface area contributed by atoms with Gasteiger partial charge in [0.05, 0.1) is 11.6 Å². The molecular formula is C29H33ClN2O. The van der Waals surface area contributed by atoms with Crippen molar-refractivity contribution < 1.29 is 4.74 Å². The molecule has 33 heavy (non-hydrogen) atoms. The quantitative estimate of drug-likeness (QED) is 0.300. The zero-order valence-corrected chi connectivity index (χ0v) is 20.1. The molecule has 3 aromatic carbocycles. The fraction of sp³-hybridized carbons (Fsp3) is 0.310. The minimum absolute atomic E-state index is 0.627. The lowest BCUT2D eigenvalue weighted by Gasteiger charge is -2.33. The Kier molecular flexibility index (Phi) is 8.59. The molecule has 0 radical (unpaired) electrons. The molecule has 1 atom stereocenters. The van der Waals surface area contributed by atoms with E-state index in [9.17, 15) is 0 Å². The van der Waals surface area contributed by atoms with Crippen molar-refractivity contribution in [1.82, 2.24) is 10.2 Å². The summed E-state index contributed by atoms with van der Waals surface area (Å²) in [6.45, 7) is 7.52. The van der Waals surface area contributed by atoms with Gasteiger partial charge in [0.25, 0.3) is 0 Å². The van der Waals surface area contributed by atoms with Crippen LogP contribution in [-0.4, -0.2) is 43.7 Å². The number of nitrogens with one attached hydrogen (secondary N) is 1. The van der Waals surface area contributed by atoms with E-state index in [1.54, 1.807) is 0 Å². The van der Waals surface area contributed by atoms with Gasteiger partial charge in [0.2, 0.25) is 0 Å². The summed E-state index contributed by atoms with van der Waals surface area (Å²) < 4.78 is 6.03. The maximum atomic E-state index is 6.91. The summed E-state index contributed by atoms with van der Waals surface area (Å²) in [5, 5.41) is 4.20. The highest BCUT2D eigenvalue weighted by Crippen LogP contribution is 2.35. The van der Waals surface area contributed by atoms with Crippen molar-refractivity contribution in [3.63, 3.8) is 0 Å². The largest absolute Gasteiger partial charge is 0.494 e. The van der Waals surface area contributed by atoms with E-state index in [1.165, 1.54) is 0 Å². The predicted octanol–water partition coefficient (Wildman–Crippen LogP) is 6.29. The first-order valence-electron chi connectivity index (χ1n) is 11.9. The Morgan fingerprint density at radius 1 is 0.879 bits per heavy atom. The lowest BCUT2D eigenvalue weighted by molar-refractivity contribution is 0.166. The number of halogens is 1. The van der Waals surface area contributed by atoms with Crippen LogP contribution in [0, 0.1) is 0 Å². The Morgan fingerprint density at radius 2 is 1.52 bits per heavy atom. The molecule has 1 saturated heterocycles. The number of piperazine rings is 1. The number of unbranched alkanes of at least 4 members (excludes halogenated alkanes) is 1. The number of hydrogen-bond acceptors (Lipinski definition) is 3. The second-order valence-electron chi connectivity index (χ2n) is 8.59. The van der Waals surface area contributed by atoms with Gasteiger partial charge in [0.1, 0.15) is 5.75 Å². The summed E-state index contributed by atoms with van der Waals surface area (Å²) in [5.74, 6) is 0.900. The van der Waals surface area contributed by atoms with E-state index in [0.717, 1.165) is 78.7 Å². The average Bonchev–Trinajstić information content (AvgIpc) is 2.87. The summed E-state index contributed by atoms with van der Waals surface area (Å²) >= 11 is 6.91. The highest BCUT2D eigenvalue weighted by molar-refractivity contribution is 6.53. The molecule has 0 aromatic heterocycles. The van der Waals surface area contributed by atoms with Gasteiger partial charge in [-0.3, -0.25) is 4.90 Å². The fourth-order valence-electron chi connectivity index (χ4n) is 4.29. The van der Waals surface area contributed by atoms with Crippen molar-refractivity contribution in [2.24, 2.45) is 0 Å². The summed E-state index contributed by atoms with van der Waals surface area (Å²) in [6, 6.07) is 29.4. The van der Waals surface area contributed by atoms with Crippen molar-refractivity contribution >= 4 is 22.2 Å². The van der Waals surface area contributed by atoms with E-state index < -0.39 is 0 Å². The molecule has 1 aliphatic heterocycles. The Labute approximate surface area is 203 Å². The van der Waals surface area contributed by atoms with Crippen molar-refractivity contribution in [3.8, 4) is 5.75 Å². The van der Waals surface area contributed by atoms with Crippen molar-refractivity contribution in [1.29, 1.82) is 0 Å². The summed E-state index contributed by atoms with van der Waals surface area (Å²) in [6.07, 6.45) is 2.23. The van der Waals surface area contributed by atoms with Crippen molar-refractivity contribution in [2.75, 3.05) is 32.8 Å². The third kappa shape index (κ3) is 6.48. The first-order chi connectivity index (χ1) is 16.2. The fourth-order valence-corrected chi connectivity index (χ4v) is 4.64. The molecule has 4 rings (SSSR count). The number of rotatable bonds is 9. The summed E-state index contributed by atoms with van der Waals surface area (Å²) in [4.78, 5) is 2.57. The van der Waals surface area contributed by atoms with Crippen molar-refractivity contribution in [3.05, 3.63) is 102 Å². The van der Waals surface area contributed by atoms with Crippen LogP contribution >= 0.6 is 11.6 Å².